The van der Waals surface area contributed by atoms with Crippen LogP contribution in [0.15, 0.2) is 22.7 Å². The Kier molecular flexibility index (Phi) is 5.06. The molecule has 0 fully saturated rings. The number of benzene rings is 1. The molecule has 1 heterocycles. The molecule has 0 unspecified atom stereocenters. The fourth-order valence-electron chi connectivity index (χ4n) is 2.21. The highest BCUT2D eigenvalue weighted by Gasteiger charge is 2.18. The molecule has 1 aromatic carbocycles. The molecule has 0 aliphatic rings. The number of anilines is 1. The summed E-state index contributed by atoms with van der Waals surface area (Å²) < 4.78 is 2.58. The van der Waals surface area contributed by atoms with Crippen LogP contribution in [0.1, 0.15) is 35.6 Å². The summed E-state index contributed by atoms with van der Waals surface area (Å²) in [5.41, 5.74) is 8.49. The second-order valence-electron chi connectivity index (χ2n) is 4.75. The van der Waals surface area contributed by atoms with E-state index in [9.17, 15) is 4.79 Å². The van der Waals surface area contributed by atoms with Crippen molar-refractivity contribution >= 4 is 39.0 Å². The largest absolute Gasteiger partial charge is 0.399 e. The fourth-order valence-corrected chi connectivity index (χ4v) is 3.06. The van der Waals surface area contributed by atoms with Gasteiger partial charge in [-0.3, -0.25) is 9.48 Å². The zero-order valence-corrected chi connectivity index (χ0v) is 14.3. The molecule has 2 aromatic rings. The van der Waals surface area contributed by atoms with Gasteiger partial charge in [0.05, 0.1) is 22.8 Å². The summed E-state index contributed by atoms with van der Waals surface area (Å²) in [5.74, 6) is -0.0258. The molecular formula is C15H17BrClN3O. The second kappa shape index (κ2) is 6.62. The molecule has 0 bridgehead atoms. The summed E-state index contributed by atoms with van der Waals surface area (Å²) in [6.45, 7) is 4.66. The highest BCUT2D eigenvalue weighted by molar-refractivity contribution is 9.10. The molecule has 2 rings (SSSR count). The average molecular weight is 371 g/mol. The first-order chi connectivity index (χ1) is 9.96. The van der Waals surface area contributed by atoms with Gasteiger partial charge in [0.15, 0.2) is 5.78 Å². The summed E-state index contributed by atoms with van der Waals surface area (Å²) in [7, 11) is 0. The van der Waals surface area contributed by atoms with E-state index in [1.165, 1.54) is 0 Å². The van der Waals surface area contributed by atoms with E-state index >= 15 is 0 Å². The van der Waals surface area contributed by atoms with Crippen LogP contribution in [-0.4, -0.2) is 15.6 Å². The van der Waals surface area contributed by atoms with Gasteiger partial charge in [-0.25, -0.2) is 0 Å². The summed E-state index contributed by atoms with van der Waals surface area (Å²) in [6.07, 6.45) is 0.965. The molecule has 2 N–H and O–H groups in total. The van der Waals surface area contributed by atoms with Crippen molar-refractivity contribution in [2.24, 2.45) is 0 Å². The molecule has 0 spiro atoms. The number of hydrogen-bond donors (Lipinski definition) is 1. The molecule has 6 heteroatoms. The lowest BCUT2D eigenvalue weighted by molar-refractivity contribution is 0.0990. The Hall–Kier alpha value is -1.33. The van der Waals surface area contributed by atoms with Crippen LogP contribution < -0.4 is 5.73 Å². The van der Waals surface area contributed by atoms with Crippen LogP contribution in [0.4, 0.5) is 5.69 Å². The molecule has 112 valence electrons. The van der Waals surface area contributed by atoms with E-state index in [1.807, 2.05) is 13.8 Å². The molecule has 0 radical (unpaired) electrons. The fraction of sp³-hybridized carbons (Fsp3) is 0.333. The van der Waals surface area contributed by atoms with Crippen molar-refractivity contribution in [1.29, 1.82) is 0 Å². The number of hydrogen-bond acceptors (Lipinski definition) is 3. The van der Waals surface area contributed by atoms with Crippen molar-refractivity contribution in [3.05, 3.63) is 44.6 Å². The maximum Gasteiger partial charge on any atom is 0.168 e. The first-order valence-electron chi connectivity index (χ1n) is 6.79. The van der Waals surface area contributed by atoms with Crippen LogP contribution in [-0.2, 0) is 19.4 Å². The van der Waals surface area contributed by atoms with Gasteiger partial charge in [0, 0.05) is 22.3 Å². The van der Waals surface area contributed by atoms with E-state index < -0.39 is 0 Å². The molecule has 0 saturated carbocycles. The Labute approximate surface area is 137 Å². The summed E-state index contributed by atoms with van der Waals surface area (Å²) in [6, 6.07) is 5.20. The minimum Gasteiger partial charge on any atom is -0.399 e. The highest BCUT2D eigenvalue weighted by Crippen LogP contribution is 2.24. The Bertz CT molecular complexity index is 662. The van der Waals surface area contributed by atoms with Gasteiger partial charge in [-0.15, -0.1) is 0 Å². The van der Waals surface area contributed by atoms with Crippen LogP contribution in [0.2, 0.25) is 5.02 Å². The van der Waals surface area contributed by atoms with Gasteiger partial charge < -0.3 is 5.73 Å². The average Bonchev–Trinajstić information content (AvgIpc) is 2.74. The number of carbonyl (C=O) groups is 1. The van der Waals surface area contributed by atoms with E-state index in [1.54, 1.807) is 22.9 Å². The number of nitrogens with zero attached hydrogens (tertiary/aromatic N) is 2. The molecule has 0 saturated heterocycles. The van der Waals surface area contributed by atoms with Gasteiger partial charge in [0.1, 0.15) is 0 Å². The molecule has 4 nitrogen and oxygen atoms in total. The molecular weight excluding hydrogens is 354 g/mol. The molecule has 0 amide bonds. The first-order valence-corrected chi connectivity index (χ1v) is 7.96. The Morgan fingerprint density at radius 2 is 2.10 bits per heavy atom. The normalized spacial score (nSPS) is 10.9. The molecule has 21 heavy (non-hydrogen) atoms. The highest BCUT2D eigenvalue weighted by atomic mass is 79.9. The van der Waals surface area contributed by atoms with Gasteiger partial charge in [0.25, 0.3) is 0 Å². The monoisotopic (exact) mass is 369 g/mol. The number of aromatic nitrogens is 2. The maximum atomic E-state index is 12.5. The van der Waals surface area contributed by atoms with Crippen molar-refractivity contribution < 1.29 is 4.79 Å². The third-order valence-electron chi connectivity index (χ3n) is 3.26. The minimum absolute atomic E-state index is 0.0258. The van der Waals surface area contributed by atoms with Gasteiger partial charge in [-0.2, -0.15) is 5.10 Å². The summed E-state index contributed by atoms with van der Waals surface area (Å²) in [5, 5.41) is 5.02. The number of rotatable bonds is 5. The lowest BCUT2D eigenvalue weighted by atomic mass is 10.1. The number of nitrogen functional groups attached to an aromatic ring is 1. The molecule has 1 aromatic heterocycles. The minimum atomic E-state index is -0.0258. The number of carbonyl (C=O) groups excluding carboxylic acids is 1. The lowest BCUT2D eigenvalue weighted by Gasteiger charge is -2.06. The smallest absolute Gasteiger partial charge is 0.168 e. The van der Waals surface area contributed by atoms with Crippen molar-refractivity contribution in [1.82, 2.24) is 9.78 Å². The van der Waals surface area contributed by atoms with Gasteiger partial charge in [0.2, 0.25) is 0 Å². The Balaban J connectivity index is 2.33. The SMILES string of the molecule is CCc1nn(CC)c(CC(=O)c2cc(N)cc(Br)c2)c1Cl. The van der Waals surface area contributed by atoms with Crippen LogP contribution in [0.25, 0.3) is 0 Å². The van der Waals surface area contributed by atoms with Crippen molar-refractivity contribution in [3.8, 4) is 0 Å². The van der Waals surface area contributed by atoms with E-state index in [4.69, 9.17) is 17.3 Å². The number of halogens is 2. The van der Waals surface area contributed by atoms with Crippen LogP contribution >= 0.6 is 27.5 Å². The number of nitrogens with two attached hydrogens (primary N) is 1. The van der Waals surface area contributed by atoms with Gasteiger partial charge >= 0.3 is 0 Å². The third kappa shape index (κ3) is 3.47. The van der Waals surface area contributed by atoms with E-state index in [0.717, 1.165) is 22.3 Å². The Morgan fingerprint density at radius 3 is 2.67 bits per heavy atom. The van der Waals surface area contributed by atoms with Crippen LogP contribution in [0, 0.1) is 0 Å². The first kappa shape index (κ1) is 16.0. The van der Waals surface area contributed by atoms with Crippen molar-refractivity contribution in [2.45, 2.75) is 33.2 Å². The zero-order chi connectivity index (χ0) is 15.6. The predicted octanol–water partition coefficient (Wildman–Crippen LogP) is 3.89. The second-order valence-corrected chi connectivity index (χ2v) is 6.04. The van der Waals surface area contributed by atoms with Gasteiger partial charge in [-0.1, -0.05) is 34.5 Å². The third-order valence-corrected chi connectivity index (χ3v) is 4.16. The summed E-state index contributed by atoms with van der Waals surface area (Å²) in [4.78, 5) is 12.5. The van der Waals surface area contributed by atoms with Crippen LogP contribution in [0.3, 0.4) is 0 Å². The lowest BCUT2D eigenvalue weighted by Crippen LogP contribution is -2.10. The Morgan fingerprint density at radius 1 is 1.38 bits per heavy atom. The van der Waals surface area contributed by atoms with Crippen molar-refractivity contribution in [3.63, 3.8) is 0 Å². The van der Waals surface area contributed by atoms with E-state index in [-0.39, 0.29) is 12.2 Å². The van der Waals surface area contributed by atoms with E-state index in [0.29, 0.717) is 22.8 Å². The van der Waals surface area contributed by atoms with Gasteiger partial charge in [-0.05, 0) is 31.5 Å². The number of Topliss-reactive ketones (excluding diaryl/α,β-unsaturated/α-hetero) is 1. The maximum absolute atomic E-state index is 12.5. The standard InChI is InChI=1S/C15H17BrClN3O/c1-3-12-15(17)13(20(4-2)19-12)8-14(21)9-5-10(16)7-11(18)6-9/h5-7H,3-4,8,18H2,1-2H3. The number of ketones is 1. The zero-order valence-electron chi connectivity index (χ0n) is 12.0. The van der Waals surface area contributed by atoms with Crippen molar-refractivity contribution in [2.75, 3.05) is 5.73 Å². The molecule has 0 atom stereocenters. The van der Waals surface area contributed by atoms with Crippen LogP contribution in [0.5, 0.6) is 0 Å². The molecule has 0 aliphatic carbocycles. The summed E-state index contributed by atoms with van der Waals surface area (Å²) >= 11 is 9.68. The molecule has 0 aliphatic heterocycles. The topological polar surface area (TPSA) is 60.9 Å². The number of aryl methyl sites for hydroxylation is 2. The predicted molar refractivity (Wildman–Crippen MR) is 88.9 cm³/mol. The quantitative estimate of drug-likeness (QED) is 0.641. The van der Waals surface area contributed by atoms with E-state index in [2.05, 4.69) is 21.0 Å².